The van der Waals surface area contributed by atoms with Crippen molar-refractivity contribution >= 4 is 44.8 Å². The largest absolute Gasteiger partial charge is 0.492 e. The molecule has 1 saturated heterocycles. The minimum absolute atomic E-state index is 0.0341. The molecule has 0 bridgehead atoms. The predicted octanol–water partition coefficient (Wildman–Crippen LogP) is 4.06. The highest BCUT2D eigenvalue weighted by molar-refractivity contribution is 7.89. The van der Waals surface area contributed by atoms with E-state index in [0.717, 1.165) is 11.3 Å². The lowest BCUT2D eigenvalue weighted by Gasteiger charge is -2.37. The number of piperazine rings is 1. The second-order valence-corrected chi connectivity index (χ2v) is 10.5. The molecular weight excluding hydrogens is 485 g/mol. The van der Waals surface area contributed by atoms with Crippen LogP contribution in [0, 0.1) is 6.92 Å². The molecule has 0 spiro atoms. The number of hydrogen-bond acceptors (Lipinski definition) is 5. The van der Waals surface area contributed by atoms with Crippen LogP contribution in [-0.4, -0.2) is 69.4 Å². The minimum Gasteiger partial charge on any atom is -0.492 e. The molecule has 33 heavy (non-hydrogen) atoms. The fourth-order valence-electron chi connectivity index (χ4n) is 3.80. The fraction of sp³-hybridized carbons (Fsp3) is 0.435. The summed E-state index contributed by atoms with van der Waals surface area (Å²) in [5.41, 5.74) is 2.18. The molecule has 0 saturated carbocycles. The second kappa shape index (κ2) is 11.0. The number of amides is 1. The van der Waals surface area contributed by atoms with Gasteiger partial charge in [0.15, 0.2) is 0 Å². The van der Waals surface area contributed by atoms with Crippen molar-refractivity contribution in [3.05, 3.63) is 52.0 Å². The third-order valence-corrected chi connectivity index (χ3v) is 8.10. The van der Waals surface area contributed by atoms with E-state index in [1.807, 2.05) is 32.0 Å². The van der Waals surface area contributed by atoms with Crippen molar-refractivity contribution < 1.29 is 17.9 Å². The molecule has 0 atom stereocenters. The van der Waals surface area contributed by atoms with Gasteiger partial charge in [-0.2, -0.15) is 4.31 Å². The normalized spacial score (nSPS) is 14.6. The molecule has 1 heterocycles. The van der Waals surface area contributed by atoms with Gasteiger partial charge in [-0.1, -0.05) is 36.2 Å². The van der Waals surface area contributed by atoms with Gasteiger partial charge in [0, 0.05) is 43.4 Å². The number of halogens is 2. The van der Waals surface area contributed by atoms with E-state index in [9.17, 15) is 13.2 Å². The van der Waals surface area contributed by atoms with Gasteiger partial charge in [-0.15, -0.1) is 0 Å². The van der Waals surface area contributed by atoms with Crippen LogP contribution in [0.1, 0.15) is 19.4 Å². The van der Waals surface area contributed by atoms with Crippen molar-refractivity contribution in [2.75, 3.05) is 50.8 Å². The molecule has 1 aliphatic heterocycles. The molecule has 0 aliphatic carbocycles. The van der Waals surface area contributed by atoms with E-state index in [0.29, 0.717) is 43.6 Å². The zero-order valence-corrected chi connectivity index (χ0v) is 21.4. The van der Waals surface area contributed by atoms with Crippen LogP contribution in [0.15, 0.2) is 41.3 Å². The Morgan fingerprint density at radius 1 is 1.06 bits per heavy atom. The Kier molecular flexibility index (Phi) is 8.50. The summed E-state index contributed by atoms with van der Waals surface area (Å²) >= 11 is 12.3. The number of likely N-dealkylation sites (N-methyl/N-ethyl adjacent to an activating group) is 1. The fourth-order valence-corrected chi connectivity index (χ4v) is 5.69. The van der Waals surface area contributed by atoms with Crippen molar-refractivity contribution in [2.24, 2.45) is 0 Å². The van der Waals surface area contributed by atoms with E-state index < -0.39 is 10.0 Å². The van der Waals surface area contributed by atoms with Crippen LogP contribution in [-0.2, 0) is 14.8 Å². The number of carbonyl (C=O) groups excluding carboxylic acids is 1. The van der Waals surface area contributed by atoms with Gasteiger partial charge in [0.05, 0.1) is 23.1 Å². The van der Waals surface area contributed by atoms with Crippen LogP contribution in [0.5, 0.6) is 5.75 Å². The lowest BCUT2D eigenvalue weighted by atomic mass is 10.1. The van der Waals surface area contributed by atoms with Gasteiger partial charge >= 0.3 is 0 Å². The van der Waals surface area contributed by atoms with E-state index in [4.69, 9.17) is 27.9 Å². The zero-order valence-electron chi connectivity index (χ0n) is 19.1. The SMILES string of the molecule is CCOc1ccc(S(=O)(=O)N(CC)CC(=O)N2CCN(c3cc(Cl)ccc3C)CC2)cc1Cl. The Labute approximate surface area is 205 Å². The first kappa shape index (κ1) is 25.6. The molecule has 7 nitrogen and oxygen atoms in total. The number of hydrogen-bond donors (Lipinski definition) is 0. The Morgan fingerprint density at radius 2 is 1.76 bits per heavy atom. The van der Waals surface area contributed by atoms with Crippen molar-refractivity contribution in [3.8, 4) is 5.75 Å². The van der Waals surface area contributed by atoms with Gasteiger partial charge in [0.25, 0.3) is 0 Å². The third kappa shape index (κ3) is 5.93. The summed E-state index contributed by atoms with van der Waals surface area (Å²) in [6, 6.07) is 10.1. The van der Waals surface area contributed by atoms with Gasteiger partial charge in [-0.3, -0.25) is 4.79 Å². The third-order valence-electron chi connectivity index (χ3n) is 5.65. The van der Waals surface area contributed by atoms with Crippen molar-refractivity contribution in [3.63, 3.8) is 0 Å². The maximum atomic E-state index is 13.1. The Hall–Kier alpha value is -2.00. The number of nitrogens with zero attached hydrogens (tertiary/aromatic N) is 3. The van der Waals surface area contributed by atoms with Gasteiger partial charge < -0.3 is 14.5 Å². The van der Waals surface area contributed by atoms with Gasteiger partial charge in [-0.05, 0) is 49.7 Å². The molecule has 1 amide bonds. The van der Waals surface area contributed by atoms with Crippen LogP contribution < -0.4 is 9.64 Å². The van der Waals surface area contributed by atoms with Crippen molar-refractivity contribution in [1.29, 1.82) is 0 Å². The highest BCUT2D eigenvalue weighted by Crippen LogP contribution is 2.29. The summed E-state index contributed by atoms with van der Waals surface area (Å²) in [7, 11) is -3.88. The van der Waals surface area contributed by atoms with Crippen LogP contribution in [0.3, 0.4) is 0 Å². The number of aryl methyl sites for hydroxylation is 1. The maximum Gasteiger partial charge on any atom is 0.243 e. The second-order valence-electron chi connectivity index (χ2n) is 7.76. The number of anilines is 1. The van der Waals surface area contributed by atoms with E-state index >= 15 is 0 Å². The summed E-state index contributed by atoms with van der Waals surface area (Å²) in [6.45, 7) is 8.25. The average Bonchev–Trinajstić information content (AvgIpc) is 2.80. The molecule has 2 aromatic rings. The summed E-state index contributed by atoms with van der Waals surface area (Å²) in [5, 5.41) is 0.889. The lowest BCUT2D eigenvalue weighted by Crippen LogP contribution is -2.52. The number of benzene rings is 2. The highest BCUT2D eigenvalue weighted by Gasteiger charge is 2.29. The number of rotatable bonds is 8. The number of sulfonamides is 1. The first-order valence-corrected chi connectivity index (χ1v) is 13.1. The molecule has 0 aromatic heterocycles. The van der Waals surface area contributed by atoms with E-state index in [1.54, 1.807) is 11.8 Å². The summed E-state index contributed by atoms with van der Waals surface area (Å²) in [4.78, 5) is 16.9. The van der Waals surface area contributed by atoms with E-state index in [2.05, 4.69) is 4.90 Å². The molecular formula is C23H29Cl2N3O4S. The zero-order chi connectivity index (χ0) is 24.2. The molecule has 0 N–H and O–H groups in total. The number of ether oxygens (including phenoxy) is 1. The minimum atomic E-state index is -3.88. The molecule has 3 rings (SSSR count). The standard InChI is InChI=1S/C23H29Cl2N3O4S/c1-4-28(33(30,31)19-8-9-22(32-5-2)20(25)15-19)16-23(29)27-12-10-26(11-13-27)21-14-18(24)7-6-17(21)3/h6-9,14-15H,4-5,10-13,16H2,1-3H3. The van der Waals surface area contributed by atoms with Crippen molar-refractivity contribution in [2.45, 2.75) is 25.7 Å². The smallest absolute Gasteiger partial charge is 0.243 e. The Bertz CT molecular complexity index is 1100. The predicted molar refractivity (Wildman–Crippen MR) is 132 cm³/mol. The molecule has 180 valence electrons. The van der Waals surface area contributed by atoms with Gasteiger partial charge in [-0.25, -0.2) is 8.42 Å². The average molecular weight is 514 g/mol. The van der Waals surface area contributed by atoms with Crippen LogP contribution in [0.4, 0.5) is 5.69 Å². The van der Waals surface area contributed by atoms with E-state index in [-0.39, 0.29) is 28.9 Å². The first-order chi connectivity index (χ1) is 15.7. The van der Waals surface area contributed by atoms with Crippen molar-refractivity contribution in [1.82, 2.24) is 9.21 Å². The highest BCUT2D eigenvalue weighted by atomic mass is 35.5. The van der Waals surface area contributed by atoms with Crippen LogP contribution in [0.2, 0.25) is 10.0 Å². The molecule has 2 aromatic carbocycles. The van der Waals surface area contributed by atoms with E-state index in [1.165, 1.54) is 22.5 Å². The van der Waals surface area contributed by atoms with Crippen LogP contribution >= 0.6 is 23.2 Å². The molecule has 0 radical (unpaired) electrons. The Balaban J connectivity index is 1.66. The number of carbonyl (C=O) groups is 1. The lowest BCUT2D eigenvalue weighted by molar-refractivity contribution is -0.131. The quantitative estimate of drug-likeness (QED) is 0.532. The molecule has 10 heteroatoms. The summed E-state index contributed by atoms with van der Waals surface area (Å²) in [5.74, 6) is 0.199. The van der Waals surface area contributed by atoms with Gasteiger partial charge in [0.2, 0.25) is 15.9 Å². The topological polar surface area (TPSA) is 70.2 Å². The summed E-state index contributed by atoms with van der Waals surface area (Å²) in [6.07, 6.45) is 0. The first-order valence-electron chi connectivity index (χ1n) is 10.9. The monoisotopic (exact) mass is 513 g/mol. The molecule has 0 unspecified atom stereocenters. The summed E-state index contributed by atoms with van der Waals surface area (Å²) < 4.78 is 32.8. The van der Waals surface area contributed by atoms with Crippen LogP contribution in [0.25, 0.3) is 0 Å². The Morgan fingerprint density at radius 3 is 2.36 bits per heavy atom. The molecule has 1 fully saturated rings. The molecule has 1 aliphatic rings. The maximum absolute atomic E-state index is 13.1. The van der Waals surface area contributed by atoms with Gasteiger partial charge in [0.1, 0.15) is 5.75 Å².